The lowest BCUT2D eigenvalue weighted by molar-refractivity contribution is 0.669. The normalized spacial score (nSPS) is 11.8. The van der Waals surface area contributed by atoms with E-state index in [0.717, 1.165) is 184 Å². The van der Waals surface area contributed by atoms with Gasteiger partial charge in [-0.3, -0.25) is 0 Å². The predicted molar refractivity (Wildman–Crippen MR) is 580 cm³/mol. The van der Waals surface area contributed by atoms with Crippen LogP contribution in [-0.4, -0.2) is 9.13 Å². The van der Waals surface area contributed by atoms with Crippen LogP contribution in [0.4, 0.5) is 34.1 Å². The van der Waals surface area contributed by atoms with E-state index in [2.05, 4.69) is 516 Å². The maximum atomic E-state index is 7.14. The fourth-order valence-electron chi connectivity index (χ4n) is 21.8. The van der Waals surface area contributed by atoms with Gasteiger partial charge in [0.05, 0.1) is 27.8 Å². The van der Waals surface area contributed by atoms with E-state index in [1.54, 1.807) is 0 Å². The van der Waals surface area contributed by atoms with Gasteiger partial charge in [-0.25, -0.2) is 0 Å². The van der Waals surface area contributed by atoms with Gasteiger partial charge < -0.3 is 27.8 Å². The molecule has 0 bridgehead atoms. The summed E-state index contributed by atoms with van der Waals surface area (Å²) in [6.45, 7) is 0. The molecule has 0 unspecified atom stereocenters. The lowest BCUT2D eigenvalue weighted by Gasteiger charge is -2.28. The van der Waals surface area contributed by atoms with Crippen LogP contribution in [0.15, 0.2) is 518 Å². The molecule has 27 rings (SSSR count). The summed E-state index contributed by atoms with van der Waals surface area (Å²) in [4.78, 5) is 4.80. The van der Waals surface area contributed by atoms with Crippen molar-refractivity contribution in [2.45, 2.75) is 0 Å². The fraction of sp³-hybridized carbons (Fsp3) is 0. The van der Waals surface area contributed by atoms with Gasteiger partial charge in [-0.15, -0.1) is 0 Å². The molecule has 23 aromatic carbocycles. The molecule has 0 aliphatic heterocycles. The van der Waals surface area contributed by atoms with Crippen molar-refractivity contribution in [3.63, 3.8) is 0 Å². The summed E-state index contributed by atoms with van der Waals surface area (Å²) in [5, 5.41) is 16.5. The smallest absolute Gasteiger partial charge is 0.143 e. The first kappa shape index (κ1) is 79.4. The summed E-state index contributed by atoms with van der Waals surface area (Å²) >= 11 is 0. The maximum Gasteiger partial charge on any atom is 0.143 e. The molecule has 6 heteroatoms. The molecular weight excluding hydrogens is 1670 g/mol. The molecule has 0 spiro atoms. The highest BCUT2D eigenvalue weighted by Gasteiger charge is 2.26. The summed E-state index contributed by atoms with van der Waals surface area (Å²) in [5.74, 6) is 0. The van der Waals surface area contributed by atoms with Crippen LogP contribution in [-0.2, 0) is 0 Å². The van der Waals surface area contributed by atoms with Crippen molar-refractivity contribution in [2.75, 3.05) is 9.80 Å². The molecule has 0 aliphatic rings. The molecular formula is C132H84N4O2. The molecule has 0 saturated carbocycles. The van der Waals surface area contributed by atoms with E-state index in [0.29, 0.717) is 0 Å². The number of fused-ring (bicyclic) bond motifs is 16. The number of hydrogen-bond donors (Lipinski definition) is 0. The lowest BCUT2D eigenvalue weighted by atomic mass is 9.91. The molecule has 0 N–H and O–H groups in total. The van der Waals surface area contributed by atoms with Gasteiger partial charge in [-0.1, -0.05) is 358 Å². The Labute approximate surface area is 797 Å². The number of benzene rings is 23. The molecule has 0 aliphatic carbocycles. The van der Waals surface area contributed by atoms with Gasteiger partial charge in [-0.05, 0) is 273 Å². The fourth-order valence-corrected chi connectivity index (χ4v) is 21.8. The SMILES string of the molecule is c1cc(-c2ccc(-c3ccc(N(c4ccc(-c5ccc6c(-c7ccc(-c8ccc(N(c9ccc(-c%10ccc(-c%11cccc(-n%12c%13ccccc%13c%13ccccc%13%12)c%11)cc%10)cc9)c9ccccc9-c9cc%10ccccc%10c%10ccccc9%10)cc8)c8c7oc7ccccc78)cccc6c5)cc4)c4ccc(-c5cccc6oc7ccccc7c56)cc4)cc3)cc2)cc(-n2c3ccccc3c3ccccc32)c1. The Kier molecular flexibility index (Phi) is 18.9. The molecule has 0 amide bonds. The van der Waals surface area contributed by atoms with E-state index in [1.807, 2.05) is 12.1 Å². The predicted octanol–water partition coefficient (Wildman–Crippen LogP) is 37.1. The third-order valence-electron chi connectivity index (χ3n) is 28.4. The lowest BCUT2D eigenvalue weighted by Crippen LogP contribution is -2.11. The second-order valence-electron chi connectivity index (χ2n) is 36.1. The summed E-state index contributed by atoms with van der Waals surface area (Å²) < 4.78 is 18.3. The van der Waals surface area contributed by atoms with Crippen LogP contribution < -0.4 is 9.80 Å². The second kappa shape index (κ2) is 32.8. The number of hydrogen-bond acceptors (Lipinski definition) is 4. The Morgan fingerprint density at radius 1 is 0.159 bits per heavy atom. The zero-order chi connectivity index (χ0) is 90.8. The Bertz CT molecular complexity index is 9390. The second-order valence-corrected chi connectivity index (χ2v) is 36.1. The Hall–Kier alpha value is -18.4. The molecule has 4 heterocycles. The van der Waals surface area contributed by atoms with Crippen LogP contribution in [0, 0.1) is 0 Å². The van der Waals surface area contributed by atoms with Crippen LogP contribution in [0.25, 0.3) is 231 Å². The average molecular weight is 1760 g/mol. The zero-order valence-electron chi connectivity index (χ0n) is 75.1. The first-order valence-electron chi connectivity index (χ1n) is 47.3. The Balaban J connectivity index is 0.503. The highest BCUT2D eigenvalue weighted by atomic mass is 16.3. The summed E-state index contributed by atoms with van der Waals surface area (Å²) in [7, 11) is 0. The van der Waals surface area contributed by atoms with Gasteiger partial charge in [-0.2, -0.15) is 0 Å². The van der Waals surface area contributed by atoms with E-state index >= 15 is 0 Å². The van der Waals surface area contributed by atoms with E-state index in [4.69, 9.17) is 8.83 Å². The molecule has 644 valence electrons. The molecule has 6 nitrogen and oxygen atoms in total. The quantitative estimate of drug-likeness (QED) is 0.0852. The largest absolute Gasteiger partial charge is 0.456 e. The first-order valence-corrected chi connectivity index (χ1v) is 47.3. The van der Waals surface area contributed by atoms with Crippen molar-refractivity contribution in [1.82, 2.24) is 9.13 Å². The summed E-state index contributed by atoms with van der Waals surface area (Å²) in [6, 6.07) is 186. The molecule has 0 radical (unpaired) electrons. The third kappa shape index (κ3) is 13.5. The van der Waals surface area contributed by atoms with Gasteiger partial charge >= 0.3 is 0 Å². The number of rotatable bonds is 17. The van der Waals surface area contributed by atoms with E-state index < -0.39 is 0 Å². The van der Waals surface area contributed by atoms with Crippen LogP contribution in [0.3, 0.4) is 0 Å². The molecule has 27 aromatic rings. The molecule has 138 heavy (non-hydrogen) atoms. The van der Waals surface area contributed by atoms with Crippen molar-refractivity contribution >= 4 is 154 Å². The maximum absolute atomic E-state index is 7.14. The van der Waals surface area contributed by atoms with Gasteiger partial charge in [0.15, 0.2) is 0 Å². The minimum absolute atomic E-state index is 0.842. The van der Waals surface area contributed by atoms with Crippen molar-refractivity contribution in [2.24, 2.45) is 0 Å². The summed E-state index contributed by atoms with van der Waals surface area (Å²) in [5.41, 5.74) is 37.1. The number of para-hydroxylation sites is 7. The standard InChI is InChI=1S/C132H84N4O2/c1-2-29-106-98(23-1)84-121(112-31-4-3-30-110(106)112)117-36-9-12-41-122(117)134(102-72-59-88(60-73-102)86-51-55-90(56-52-86)95-25-20-28-105(83-95)136-125-44-15-7-34-115(125)116-35-8-16-45-126(116)136)103-76-65-93(66-77-103)109-79-80-118(132-131(109)120-38-11-18-47-128(120)138-132)111-40-21-26-97-81-96(67-78-107(97)111)91-61-70-100(71-62-91)133(101-74-63-92(64-75-101)108-39-22-48-129-130(108)119-37-10-17-46-127(119)137-129)99-68-57-87(58-69-99)85-49-53-89(54-50-85)94-24-19-27-104(82-94)135-123-42-13-5-32-113(123)114-33-6-14-43-124(114)135/h1-84H. The summed E-state index contributed by atoms with van der Waals surface area (Å²) in [6.07, 6.45) is 0. The average Bonchev–Trinajstić information content (AvgIpc) is 1.20. The minimum Gasteiger partial charge on any atom is -0.456 e. The van der Waals surface area contributed by atoms with Crippen LogP contribution in [0.2, 0.25) is 0 Å². The van der Waals surface area contributed by atoms with E-state index in [1.165, 1.54) is 81.8 Å². The molecule has 4 aromatic heterocycles. The molecule has 0 saturated heterocycles. The number of nitrogens with zero attached hydrogens (tertiary/aromatic N) is 4. The number of furan rings is 2. The van der Waals surface area contributed by atoms with Gasteiger partial charge in [0, 0.05) is 94.0 Å². The molecule has 0 atom stereocenters. The van der Waals surface area contributed by atoms with E-state index in [9.17, 15) is 0 Å². The Morgan fingerprint density at radius 3 is 1.01 bits per heavy atom. The zero-order valence-corrected chi connectivity index (χ0v) is 75.1. The van der Waals surface area contributed by atoms with Crippen molar-refractivity contribution in [1.29, 1.82) is 0 Å². The highest BCUT2D eigenvalue weighted by molar-refractivity contribution is 6.20. The number of anilines is 6. The minimum atomic E-state index is 0.842. The van der Waals surface area contributed by atoms with Crippen LogP contribution in [0.1, 0.15) is 0 Å². The van der Waals surface area contributed by atoms with Crippen molar-refractivity contribution in [3.8, 4) is 112 Å². The van der Waals surface area contributed by atoms with Crippen LogP contribution >= 0.6 is 0 Å². The highest BCUT2D eigenvalue weighted by Crippen LogP contribution is 2.51. The van der Waals surface area contributed by atoms with Crippen molar-refractivity contribution in [3.05, 3.63) is 510 Å². The van der Waals surface area contributed by atoms with Gasteiger partial charge in [0.25, 0.3) is 0 Å². The molecule has 0 fully saturated rings. The monoisotopic (exact) mass is 1760 g/mol. The first-order chi connectivity index (χ1) is 68.4. The van der Waals surface area contributed by atoms with Gasteiger partial charge in [0.2, 0.25) is 0 Å². The van der Waals surface area contributed by atoms with E-state index in [-0.39, 0.29) is 0 Å². The van der Waals surface area contributed by atoms with Gasteiger partial charge in [0.1, 0.15) is 22.3 Å². The van der Waals surface area contributed by atoms with Crippen LogP contribution in [0.5, 0.6) is 0 Å². The Morgan fingerprint density at radius 2 is 0.493 bits per heavy atom. The number of aromatic nitrogens is 2. The third-order valence-corrected chi connectivity index (χ3v) is 28.4. The van der Waals surface area contributed by atoms with Crippen molar-refractivity contribution < 1.29 is 8.83 Å². The topological polar surface area (TPSA) is 42.6 Å².